The molecular formula is C12H23NO2S. The van der Waals surface area contributed by atoms with Gasteiger partial charge in [0, 0.05) is 18.4 Å². The van der Waals surface area contributed by atoms with Crippen LogP contribution >= 0.6 is 11.8 Å². The van der Waals surface area contributed by atoms with Crippen LogP contribution in [0.5, 0.6) is 0 Å². The summed E-state index contributed by atoms with van der Waals surface area (Å²) in [6.45, 7) is 3.61. The van der Waals surface area contributed by atoms with Crippen molar-refractivity contribution >= 4 is 17.7 Å². The number of hydrogen-bond donors (Lipinski definition) is 1. The zero-order valence-electron chi connectivity index (χ0n) is 10.7. The zero-order chi connectivity index (χ0) is 12.2. The van der Waals surface area contributed by atoms with Gasteiger partial charge in [-0.15, -0.1) is 0 Å². The van der Waals surface area contributed by atoms with E-state index in [1.807, 2.05) is 11.8 Å². The standard InChI is InChI=1S/C12H23NO2S/c1-12(2,15-3)11(14)13-9-7-5-6-8-10(9)16-4/h9-10H,5-8H2,1-4H3,(H,13,14). The molecule has 0 aliphatic heterocycles. The lowest BCUT2D eigenvalue weighted by molar-refractivity contribution is -0.140. The molecule has 0 radical (unpaired) electrons. The summed E-state index contributed by atoms with van der Waals surface area (Å²) in [5.74, 6) is 0.000880. The highest BCUT2D eigenvalue weighted by Crippen LogP contribution is 2.27. The molecule has 3 nitrogen and oxygen atoms in total. The Morgan fingerprint density at radius 2 is 2.00 bits per heavy atom. The lowest BCUT2D eigenvalue weighted by atomic mass is 9.94. The van der Waals surface area contributed by atoms with E-state index in [1.54, 1.807) is 21.0 Å². The summed E-state index contributed by atoms with van der Waals surface area (Å²) < 4.78 is 5.19. The fraction of sp³-hybridized carbons (Fsp3) is 0.917. The normalized spacial score (nSPS) is 26.5. The largest absolute Gasteiger partial charge is 0.369 e. The number of methoxy groups -OCH3 is 1. The highest BCUT2D eigenvalue weighted by atomic mass is 32.2. The van der Waals surface area contributed by atoms with Gasteiger partial charge in [-0.3, -0.25) is 4.79 Å². The highest BCUT2D eigenvalue weighted by Gasteiger charge is 2.32. The van der Waals surface area contributed by atoms with E-state index >= 15 is 0 Å². The van der Waals surface area contributed by atoms with Gasteiger partial charge in [0.2, 0.25) is 0 Å². The van der Waals surface area contributed by atoms with E-state index in [1.165, 1.54) is 19.3 Å². The van der Waals surface area contributed by atoms with Crippen molar-refractivity contribution in [2.24, 2.45) is 0 Å². The monoisotopic (exact) mass is 245 g/mol. The molecule has 1 fully saturated rings. The van der Waals surface area contributed by atoms with Crippen molar-refractivity contribution in [3.8, 4) is 0 Å². The molecule has 1 amide bonds. The molecule has 0 aromatic rings. The maximum atomic E-state index is 12.0. The molecule has 1 aliphatic carbocycles. The molecule has 0 aromatic carbocycles. The molecule has 1 rings (SSSR count). The van der Waals surface area contributed by atoms with Crippen LogP contribution in [0.2, 0.25) is 0 Å². The van der Waals surface area contributed by atoms with Crippen LogP contribution in [0.4, 0.5) is 0 Å². The van der Waals surface area contributed by atoms with Crippen LogP contribution in [-0.4, -0.2) is 36.2 Å². The maximum absolute atomic E-state index is 12.0. The number of hydrogen-bond acceptors (Lipinski definition) is 3. The fourth-order valence-corrected chi connectivity index (χ4v) is 2.91. The molecule has 2 atom stereocenters. The molecule has 1 aliphatic rings. The summed E-state index contributed by atoms with van der Waals surface area (Å²) in [5.41, 5.74) is -0.722. The number of carbonyl (C=O) groups is 1. The lowest BCUT2D eigenvalue weighted by Gasteiger charge is -2.33. The van der Waals surface area contributed by atoms with E-state index < -0.39 is 5.60 Å². The minimum Gasteiger partial charge on any atom is -0.369 e. The van der Waals surface area contributed by atoms with Crippen molar-refractivity contribution in [2.75, 3.05) is 13.4 Å². The molecule has 1 N–H and O–H groups in total. The topological polar surface area (TPSA) is 38.3 Å². The molecule has 16 heavy (non-hydrogen) atoms. The highest BCUT2D eigenvalue weighted by molar-refractivity contribution is 7.99. The molecule has 1 saturated carbocycles. The second kappa shape index (κ2) is 5.92. The van der Waals surface area contributed by atoms with Gasteiger partial charge in [-0.1, -0.05) is 12.8 Å². The molecule has 0 bridgehead atoms. The van der Waals surface area contributed by atoms with E-state index in [0.29, 0.717) is 11.3 Å². The van der Waals surface area contributed by atoms with E-state index in [9.17, 15) is 4.79 Å². The average Bonchev–Trinajstić information content (AvgIpc) is 2.29. The van der Waals surface area contributed by atoms with Crippen molar-refractivity contribution in [2.45, 2.75) is 56.4 Å². The Hall–Kier alpha value is -0.220. The number of amides is 1. The molecule has 4 heteroatoms. The Balaban J connectivity index is 2.54. The first kappa shape index (κ1) is 13.8. The van der Waals surface area contributed by atoms with Crippen LogP contribution in [0.3, 0.4) is 0 Å². The SMILES string of the molecule is COC(C)(C)C(=O)NC1CCCCC1SC. The van der Waals surface area contributed by atoms with E-state index in [0.717, 1.165) is 6.42 Å². The minimum atomic E-state index is -0.722. The number of thioether (sulfide) groups is 1. The summed E-state index contributed by atoms with van der Waals surface area (Å²) in [6, 6.07) is 0.311. The van der Waals surface area contributed by atoms with E-state index in [4.69, 9.17) is 4.74 Å². The third-order valence-electron chi connectivity index (χ3n) is 3.38. The van der Waals surface area contributed by atoms with Crippen LogP contribution in [-0.2, 0) is 9.53 Å². The van der Waals surface area contributed by atoms with Crippen molar-refractivity contribution in [1.29, 1.82) is 0 Å². The first-order chi connectivity index (χ1) is 7.51. The van der Waals surface area contributed by atoms with Crippen molar-refractivity contribution in [1.82, 2.24) is 5.32 Å². The number of carbonyl (C=O) groups excluding carboxylic acids is 1. The van der Waals surface area contributed by atoms with Gasteiger partial charge in [0.15, 0.2) is 0 Å². The molecule has 0 aromatic heterocycles. The van der Waals surface area contributed by atoms with E-state index in [-0.39, 0.29) is 5.91 Å². The molecular weight excluding hydrogens is 222 g/mol. The Bertz CT molecular complexity index is 243. The Kier molecular flexibility index (Phi) is 5.12. The lowest BCUT2D eigenvalue weighted by Crippen LogP contribution is -2.51. The van der Waals surface area contributed by atoms with Gasteiger partial charge in [0.1, 0.15) is 5.60 Å². The van der Waals surface area contributed by atoms with Gasteiger partial charge in [-0.2, -0.15) is 11.8 Å². The Morgan fingerprint density at radius 3 is 2.56 bits per heavy atom. The zero-order valence-corrected chi connectivity index (χ0v) is 11.5. The Labute approximate surface area is 103 Å². The number of ether oxygens (including phenoxy) is 1. The van der Waals surface area contributed by atoms with Crippen LogP contribution < -0.4 is 5.32 Å². The van der Waals surface area contributed by atoms with Gasteiger partial charge >= 0.3 is 0 Å². The van der Waals surface area contributed by atoms with Crippen LogP contribution in [0, 0.1) is 0 Å². The van der Waals surface area contributed by atoms with Crippen molar-refractivity contribution in [3.63, 3.8) is 0 Å². The molecule has 0 spiro atoms. The minimum absolute atomic E-state index is 0.000880. The number of rotatable bonds is 4. The Morgan fingerprint density at radius 1 is 1.38 bits per heavy atom. The van der Waals surface area contributed by atoms with Crippen molar-refractivity contribution < 1.29 is 9.53 Å². The molecule has 0 saturated heterocycles. The maximum Gasteiger partial charge on any atom is 0.251 e. The smallest absolute Gasteiger partial charge is 0.251 e. The van der Waals surface area contributed by atoms with Gasteiger partial charge < -0.3 is 10.1 Å². The summed E-state index contributed by atoms with van der Waals surface area (Å²) in [5, 5.41) is 3.69. The van der Waals surface area contributed by atoms with Gasteiger partial charge in [-0.05, 0) is 32.9 Å². The summed E-state index contributed by atoms with van der Waals surface area (Å²) in [4.78, 5) is 12.0. The molecule has 0 heterocycles. The van der Waals surface area contributed by atoms with Gasteiger partial charge in [0.25, 0.3) is 5.91 Å². The first-order valence-corrected chi connectivity index (χ1v) is 7.19. The van der Waals surface area contributed by atoms with E-state index in [2.05, 4.69) is 11.6 Å². The van der Waals surface area contributed by atoms with Crippen LogP contribution in [0.15, 0.2) is 0 Å². The second-order valence-electron chi connectivity index (χ2n) is 4.85. The van der Waals surface area contributed by atoms with Crippen molar-refractivity contribution in [3.05, 3.63) is 0 Å². The third-order valence-corrected chi connectivity index (χ3v) is 4.55. The molecule has 94 valence electrons. The van der Waals surface area contributed by atoms with Crippen LogP contribution in [0.25, 0.3) is 0 Å². The predicted octanol–water partition coefficient (Wildman–Crippen LogP) is 2.20. The van der Waals surface area contributed by atoms with Crippen LogP contribution in [0.1, 0.15) is 39.5 Å². The predicted molar refractivity (Wildman–Crippen MR) is 68.8 cm³/mol. The summed E-state index contributed by atoms with van der Waals surface area (Å²) in [7, 11) is 1.58. The van der Waals surface area contributed by atoms with Gasteiger partial charge in [0.05, 0.1) is 0 Å². The quantitative estimate of drug-likeness (QED) is 0.825. The average molecular weight is 245 g/mol. The summed E-state index contributed by atoms with van der Waals surface area (Å²) in [6.07, 6.45) is 6.92. The third kappa shape index (κ3) is 3.39. The molecule has 2 unspecified atom stereocenters. The van der Waals surface area contributed by atoms with Gasteiger partial charge in [-0.25, -0.2) is 0 Å². The number of nitrogens with one attached hydrogen (secondary N) is 1. The fourth-order valence-electron chi connectivity index (χ4n) is 1.98. The second-order valence-corrected chi connectivity index (χ2v) is 5.93. The first-order valence-electron chi connectivity index (χ1n) is 5.90. The summed E-state index contributed by atoms with van der Waals surface area (Å²) >= 11 is 1.86.